The number of rotatable bonds is 2. The maximum absolute atomic E-state index is 9.05. The first-order valence-electron chi connectivity index (χ1n) is 4.85. The Kier molecular flexibility index (Phi) is 2.61. The third-order valence-electron chi connectivity index (χ3n) is 2.39. The van der Waals surface area contributed by atoms with Gasteiger partial charge in [0.15, 0.2) is 0 Å². The number of fused-ring (bicyclic) bond motifs is 1. The van der Waals surface area contributed by atoms with E-state index in [2.05, 4.69) is 16.4 Å². The molecular formula is C12H11N3O. The van der Waals surface area contributed by atoms with Crippen molar-refractivity contribution in [1.29, 1.82) is 5.26 Å². The summed E-state index contributed by atoms with van der Waals surface area (Å²) < 4.78 is 5.13. The predicted molar refractivity (Wildman–Crippen MR) is 62.6 cm³/mol. The van der Waals surface area contributed by atoms with Gasteiger partial charge in [0, 0.05) is 18.5 Å². The van der Waals surface area contributed by atoms with Crippen LogP contribution in [0.1, 0.15) is 5.56 Å². The molecule has 1 aromatic heterocycles. The molecule has 2 rings (SSSR count). The molecule has 0 fully saturated rings. The smallest absolute Gasteiger partial charge is 0.127 e. The molecule has 80 valence electrons. The van der Waals surface area contributed by atoms with Gasteiger partial charge >= 0.3 is 0 Å². The van der Waals surface area contributed by atoms with Crippen molar-refractivity contribution >= 4 is 16.7 Å². The maximum Gasteiger partial charge on any atom is 0.127 e. The van der Waals surface area contributed by atoms with Crippen LogP contribution in [0.25, 0.3) is 10.9 Å². The number of anilines is 1. The van der Waals surface area contributed by atoms with Gasteiger partial charge in [0.05, 0.1) is 24.3 Å². The minimum atomic E-state index is 0.608. The SMILES string of the molecule is CNc1cc(C#N)c2ccc(OC)cc2n1. The molecule has 16 heavy (non-hydrogen) atoms. The second-order valence-electron chi connectivity index (χ2n) is 3.30. The zero-order valence-electron chi connectivity index (χ0n) is 9.11. The molecule has 0 unspecified atom stereocenters. The summed E-state index contributed by atoms with van der Waals surface area (Å²) in [4.78, 5) is 4.37. The van der Waals surface area contributed by atoms with Crippen molar-refractivity contribution in [2.75, 3.05) is 19.5 Å². The third kappa shape index (κ3) is 1.63. The Labute approximate surface area is 93.5 Å². The van der Waals surface area contributed by atoms with E-state index in [1.54, 1.807) is 20.2 Å². The Balaban J connectivity index is 2.75. The molecule has 0 amide bonds. The minimum Gasteiger partial charge on any atom is -0.497 e. The Morgan fingerprint density at radius 3 is 2.81 bits per heavy atom. The van der Waals surface area contributed by atoms with Gasteiger partial charge in [0.25, 0.3) is 0 Å². The van der Waals surface area contributed by atoms with Crippen LogP contribution in [-0.4, -0.2) is 19.1 Å². The van der Waals surface area contributed by atoms with Crippen molar-refractivity contribution in [1.82, 2.24) is 4.98 Å². The van der Waals surface area contributed by atoms with Gasteiger partial charge in [-0.2, -0.15) is 5.26 Å². The van der Waals surface area contributed by atoms with Gasteiger partial charge in [-0.3, -0.25) is 0 Å². The molecule has 4 heteroatoms. The molecule has 0 spiro atoms. The van der Waals surface area contributed by atoms with E-state index in [-0.39, 0.29) is 0 Å². The monoisotopic (exact) mass is 213 g/mol. The first kappa shape index (κ1) is 10.2. The van der Waals surface area contributed by atoms with E-state index in [0.29, 0.717) is 11.4 Å². The quantitative estimate of drug-likeness (QED) is 0.830. The fourth-order valence-electron chi connectivity index (χ4n) is 1.56. The summed E-state index contributed by atoms with van der Waals surface area (Å²) in [6.07, 6.45) is 0. The zero-order chi connectivity index (χ0) is 11.5. The van der Waals surface area contributed by atoms with Gasteiger partial charge in [-0.25, -0.2) is 4.98 Å². The second kappa shape index (κ2) is 4.07. The number of benzene rings is 1. The Morgan fingerprint density at radius 1 is 1.38 bits per heavy atom. The largest absolute Gasteiger partial charge is 0.497 e. The molecule has 0 atom stereocenters. The van der Waals surface area contributed by atoms with E-state index in [0.717, 1.165) is 16.7 Å². The lowest BCUT2D eigenvalue weighted by molar-refractivity contribution is 0.415. The van der Waals surface area contributed by atoms with Crippen LogP contribution < -0.4 is 10.1 Å². The summed E-state index contributed by atoms with van der Waals surface area (Å²) in [5, 5.41) is 12.8. The van der Waals surface area contributed by atoms with E-state index in [4.69, 9.17) is 10.00 Å². The van der Waals surface area contributed by atoms with Crippen LogP contribution in [0.3, 0.4) is 0 Å². The third-order valence-corrected chi connectivity index (χ3v) is 2.39. The molecule has 4 nitrogen and oxygen atoms in total. The molecule has 1 aromatic carbocycles. The summed E-state index contributed by atoms with van der Waals surface area (Å²) in [6.45, 7) is 0. The minimum absolute atomic E-state index is 0.608. The Hall–Kier alpha value is -2.28. The van der Waals surface area contributed by atoms with Gasteiger partial charge < -0.3 is 10.1 Å². The van der Waals surface area contributed by atoms with Crippen LogP contribution in [0.4, 0.5) is 5.82 Å². The van der Waals surface area contributed by atoms with Gasteiger partial charge in [-0.15, -0.1) is 0 Å². The van der Waals surface area contributed by atoms with E-state index >= 15 is 0 Å². The molecule has 0 aliphatic carbocycles. The average molecular weight is 213 g/mol. The van der Waals surface area contributed by atoms with Crippen molar-refractivity contribution in [2.24, 2.45) is 0 Å². The number of pyridine rings is 1. The van der Waals surface area contributed by atoms with Crippen LogP contribution in [-0.2, 0) is 0 Å². The normalized spacial score (nSPS) is 9.81. The Morgan fingerprint density at radius 2 is 2.19 bits per heavy atom. The Bertz CT molecular complexity index is 567. The topological polar surface area (TPSA) is 57.9 Å². The number of hydrogen-bond acceptors (Lipinski definition) is 4. The summed E-state index contributed by atoms with van der Waals surface area (Å²) in [5.41, 5.74) is 1.36. The first-order valence-corrected chi connectivity index (χ1v) is 4.85. The molecule has 0 saturated heterocycles. The highest BCUT2D eigenvalue weighted by Gasteiger charge is 2.05. The molecule has 2 aromatic rings. The molecule has 0 saturated carbocycles. The maximum atomic E-state index is 9.05. The molecule has 0 aliphatic heterocycles. The van der Waals surface area contributed by atoms with Gasteiger partial charge in [-0.1, -0.05) is 0 Å². The number of methoxy groups -OCH3 is 1. The fraction of sp³-hybridized carbons (Fsp3) is 0.167. The number of nitrogens with one attached hydrogen (secondary N) is 1. The summed E-state index contributed by atoms with van der Waals surface area (Å²) in [5.74, 6) is 1.41. The highest BCUT2D eigenvalue weighted by molar-refractivity contribution is 5.87. The van der Waals surface area contributed by atoms with Gasteiger partial charge in [0.2, 0.25) is 0 Å². The predicted octanol–water partition coefficient (Wildman–Crippen LogP) is 2.16. The fourth-order valence-corrected chi connectivity index (χ4v) is 1.56. The average Bonchev–Trinajstić information content (AvgIpc) is 2.36. The van der Waals surface area contributed by atoms with Crippen molar-refractivity contribution in [3.05, 3.63) is 29.8 Å². The van der Waals surface area contributed by atoms with Crippen LogP contribution >= 0.6 is 0 Å². The van der Waals surface area contributed by atoms with Gasteiger partial charge in [0.1, 0.15) is 11.6 Å². The van der Waals surface area contributed by atoms with Crippen molar-refractivity contribution < 1.29 is 4.74 Å². The lowest BCUT2D eigenvalue weighted by Crippen LogP contribution is -1.95. The van der Waals surface area contributed by atoms with Crippen molar-refractivity contribution in [3.8, 4) is 11.8 Å². The van der Waals surface area contributed by atoms with Crippen molar-refractivity contribution in [2.45, 2.75) is 0 Å². The molecular weight excluding hydrogens is 202 g/mol. The van der Waals surface area contributed by atoms with Crippen molar-refractivity contribution in [3.63, 3.8) is 0 Å². The molecule has 1 N–H and O–H groups in total. The van der Waals surface area contributed by atoms with Crippen LogP contribution in [0.2, 0.25) is 0 Å². The molecule has 0 aliphatic rings. The number of ether oxygens (including phenoxy) is 1. The van der Waals surface area contributed by atoms with Crippen LogP contribution in [0.5, 0.6) is 5.75 Å². The van der Waals surface area contributed by atoms with E-state index in [9.17, 15) is 0 Å². The highest BCUT2D eigenvalue weighted by Crippen LogP contribution is 2.24. The first-order chi connectivity index (χ1) is 7.78. The van der Waals surface area contributed by atoms with Gasteiger partial charge in [-0.05, 0) is 18.2 Å². The number of nitrogens with zero attached hydrogens (tertiary/aromatic N) is 2. The van der Waals surface area contributed by atoms with Crippen LogP contribution in [0, 0.1) is 11.3 Å². The van der Waals surface area contributed by atoms with E-state index < -0.39 is 0 Å². The lowest BCUT2D eigenvalue weighted by atomic mass is 10.1. The second-order valence-corrected chi connectivity index (χ2v) is 3.30. The molecule has 0 radical (unpaired) electrons. The standard InChI is InChI=1S/C12H11N3O/c1-14-12-5-8(7-13)10-4-3-9(16-2)6-11(10)15-12/h3-6H,1-2H3,(H,14,15). The summed E-state index contributed by atoms with van der Waals surface area (Å²) >= 11 is 0. The summed E-state index contributed by atoms with van der Waals surface area (Å²) in [6, 6.07) is 9.38. The zero-order valence-corrected chi connectivity index (χ0v) is 9.11. The summed E-state index contributed by atoms with van der Waals surface area (Å²) in [7, 11) is 3.38. The van der Waals surface area contributed by atoms with E-state index in [1.165, 1.54) is 0 Å². The van der Waals surface area contributed by atoms with E-state index in [1.807, 2.05) is 18.2 Å². The number of nitriles is 1. The number of hydrogen-bond donors (Lipinski definition) is 1. The lowest BCUT2D eigenvalue weighted by Gasteiger charge is -2.06. The highest BCUT2D eigenvalue weighted by atomic mass is 16.5. The number of aromatic nitrogens is 1. The van der Waals surface area contributed by atoms with Crippen LogP contribution in [0.15, 0.2) is 24.3 Å². The molecule has 0 bridgehead atoms. The molecule has 1 heterocycles.